The maximum absolute atomic E-state index is 13.7. The summed E-state index contributed by atoms with van der Waals surface area (Å²) < 4.78 is 18.7. The lowest BCUT2D eigenvalue weighted by Crippen LogP contribution is -2.29. The molecule has 0 saturated heterocycles. The Hall–Kier alpha value is -1.90. The third-order valence-electron chi connectivity index (χ3n) is 4.44. The summed E-state index contributed by atoms with van der Waals surface area (Å²) in [4.78, 5) is 26.8. The molecule has 0 fully saturated rings. The number of methoxy groups -OCH3 is 1. The SMILES string of the molecule is COCCNC(=O)c1c(NC(=O)CSc2ccccc2F)sc2c1CCCC2. The van der Waals surface area contributed by atoms with Crippen molar-refractivity contribution in [3.8, 4) is 0 Å². The van der Waals surface area contributed by atoms with Crippen LogP contribution in [0.3, 0.4) is 0 Å². The third kappa shape index (κ3) is 5.12. The summed E-state index contributed by atoms with van der Waals surface area (Å²) in [6.07, 6.45) is 3.91. The van der Waals surface area contributed by atoms with Crippen LogP contribution in [0.15, 0.2) is 29.2 Å². The Labute approximate surface area is 172 Å². The van der Waals surface area contributed by atoms with Gasteiger partial charge >= 0.3 is 0 Å². The number of fused-ring (bicyclic) bond motifs is 1. The number of rotatable bonds is 8. The summed E-state index contributed by atoms with van der Waals surface area (Å²) in [5.41, 5.74) is 1.61. The van der Waals surface area contributed by atoms with Gasteiger partial charge in [-0.25, -0.2) is 4.39 Å². The van der Waals surface area contributed by atoms with E-state index in [0.717, 1.165) is 43.0 Å². The van der Waals surface area contributed by atoms with Crippen molar-refractivity contribution in [3.05, 3.63) is 46.1 Å². The molecule has 2 N–H and O–H groups in total. The van der Waals surface area contributed by atoms with Crippen molar-refractivity contribution in [2.75, 3.05) is 31.3 Å². The molecule has 1 heterocycles. The van der Waals surface area contributed by atoms with Gasteiger partial charge in [0.1, 0.15) is 10.8 Å². The molecule has 2 aromatic rings. The smallest absolute Gasteiger partial charge is 0.254 e. The largest absolute Gasteiger partial charge is 0.383 e. The summed E-state index contributed by atoms with van der Waals surface area (Å²) in [5.74, 6) is -0.704. The Bertz CT molecular complexity index is 854. The number of ether oxygens (including phenoxy) is 1. The van der Waals surface area contributed by atoms with E-state index in [-0.39, 0.29) is 23.4 Å². The number of carbonyl (C=O) groups is 2. The van der Waals surface area contributed by atoms with Gasteiger partial charge in [0.2, 0.25) is 5.91 Å². The van der Waals surface area contributed by atoms with Gasteiger partial charge in [0.05, 0.1) is 17.9 Å². The van der Waals surface area contributed by atoms with Crippen LogP contribution in [0.1, 0.15) is 33.6 Å². The van der Waals surface area contributed by atoms with Crippen molar-refractivity contribution in [2.45, 2.75) is 30.6 Å². The number of nitrogens with one attached hydrogen (secondary N) is 2. The average Bonchev–Trinajstić information content (AvgIpc) is 3.05. The lowest BCUT2D eigenvalue weighted by Gasteiger charge is -2.13. The zero-order valence-electron chi connectivity index (χ0n) is 15.7. The Morgan fingerprint density at radius 2 is 2.04 bits per heavy atom. The van der Waals surface area contributed by atoms with E-state index in [0.29, 0.717) is 28.6 Å². The molecule has 0 saturated carbocycles. The zero-order valence-corrected chi connectivity index (χ0v) is 17.3. The van der Waals surface area contributed by atoms with Gasteiger partial charge in [-0.15, -0.1) is 23.1 Å². The topological polar surface area (TPSA) is 67.4 Å². The molecule has 0 unspecified atom stereocenters. The highest BCUT2D eigenvalue weighted by atomic mass is 32.2. The van der Waals surface area contributed by atoms with E-state index >= 15 is 0 Å². The van der Waals surface area contributed by atoms with Crippen LogP contribution >= 0.6 is 23.1 Å². The molecule has 1 aromatic heterocycles. The minimum atomic E-state index is -0.343. The summed E-state index contributed by atoms with van der Waals surface area (Å²) in [5, 5.41) is 6.31. The molecule has 28 heavy (non-hydrogen) atoms. The molecule has 0 radical (unpaired) electrons. The first kappa shape index (κ1) is 20.8. The molecule has 2 amide bonds. The Morgan fingerprint density at radius 1 is 1.25 bits per heavy atom. The monoisotopic (exact) mass is 422 g/mol. The number of anilines is 1. The van der Waals surface area contributed by atoms with E-state index in [1.807, 2.05) is 0 Å². The number of hydrogen-bond donors (Lipinski definition) is 2. The highest BCUT2D eigenvalue weighted by Crippen LogP contribution is 2.38. The van der Waals surface area contributed by atoms with Gasteiger partial charge in [-0.05, 0) is 43.4 Å². The zero-order chi connectivity index (χ0) is 19.9. The van der Waals surface area contributed by atoms with E-state index in [2.05, 4.69) is 10.6 Å². The fraction of sp³-hybridized carbons (Fsp3) is 0.400. The number of thioether (sulfide) groups is 1. The minimum Gasteiger partial charge on any atom is -0.383 e. The summed E-state index contributed by atoms with van der Waals surface area (Å²) in [6.45, 7) is 0.843. The van der Waals surface area contributed by atoms with Crippen LogP contribution in [-0.2, 0) is 22.4 Å². The van der Waals surface area contributed by atoms with Gasteiger partial charge in [0, 0.05) is 23.4 Å². The number of hydrogen-bond acceptors (Lipinski definition) is 5. The van der Waals surface area contributed by atoms with E-state index in [9.17, 15) is 14.0 Å². The third-order valence-corrected chi connectivity index (χ3v) is 6.69. The normalized spacial score (nSPS) is 13.1. The predicted octanol–water partition coefficient (Wildman–Crippen LogP) is 3.87. The maximum Gasteiger partial charge on any atom is 0.254 e. The number of benzene rings is 1. The van der Waals surface area contributed by atoms with Crippen LogP contribution in [0.2, 0.25) is 0 Å². The van der Waals surface area contributed by atoms with E-state index < -0.39 is 0 Å². The Morgan fingerprint density at radius 3 is 2.82 bits per heavy atom. The van der Waals surface area contributed by atoms with Gasteiger partial charge in [-0.1, -0.05) is 12.1 Å². The first-order valence-corrected chi connectivity index (χ1v) is 11.0. The highest BCUT2D eigenvalue weighted by Gasteiger charge is 2.26. The quantitative estimate of drug-likeness (QED) is 0.501. The van der Waals surface area contributed by atoms with Gasteiger partial charge in [-0.2, -0.15) is 0 Å². The predicted molar refractivity (Wildman–Crippen MR) is 111 cm³/mol. The second-order valence-electron chi connectivity index (χ2n) is 6.43. The summed E-state index contributed by atoms with van der Waals surface area (Å²) in [6, 6.07) is 6.37. The number of aryl methyl sites for hydroxylation is 1. The van der Waals surface area contributed by atoms with E-state index in [1.54, 1.807) is 25.3 Å². The lowest BCUT2D eigenvalue weighted by molar-refractivity contribution is -0.113. The molecule has 150 valence electrons. The number of thiophene rings is 1. The van der Waals surface area contributed by atoms with Crippen LogP contribution in [0.25, 0.3) is 0 Å². The van der Waals surface area contributed by atoms with Crippen molar-refractivity contribution < 1.29 is 18.7 Å². The molecule has 5 nitrogen and oxygen atoms in total. The summed E-state index contributed by atoms with van der Waals surface area (Å²) >= 11 is 2.62. The minimum absolute atomic E-state index is 0.0776. The second kappa shape index (κ2) is 10.0. The average molecular weight is 423 g/mol. The van der Waals surface area contributed by atoms with Gasteiger partial charge in [-0.3, -0.25) is 9.59 Å². The van der Waals surface area contributed by atoms with Crippen molar-refractivity contribution >= 4 is 39.9 Å². The van der Waals surface area contributed by atoms with Crippen LogP contribution in [0.5, 0.6) is 0 Å². The fourth-order valence-electron chi connectivity index (χ4n) is 3.12. The molecule has 0 bridgehead atoms. The van der Waals surface area contributed by atoms with Gasteiger partial charge in [0.15, 0.2) is 0 Å². The Balaban J connectivity index is 1.71. The number of amides is 2. The first-order chi connectivity index (χ1) is 13.6. The van der Waals surface area contributed by atoms with Gasteiger partial charge in [0.25, 0.3) is 5.91 Å². The number of halogens is 1. The van der Waals surface area contributed by atoms with Crippen LogP contribution < -0.4 is 10.6 Å². The molecular weight excluding hydrogens is 399 g/mol. The molecular formula is C20H23FN2O3S2. The molecule has 0 atom stereocenters. The maximum atomic E-state index is 13.7. The molecule has 3 rings (SSSR count). The fourth-order valence-corrected chi connectivity index (χ4v) is 5.16. The first-order valence-electron chi connectivity index (χ1n) is 9.19. The second-order valence-corrected chi connectivity index (χ2v) is 8.55. The molecule has 1 aliphatic carbocycles. The van der Waals surface area contributed by atoms with Crippen molar-refractivity contribution in [2.24, 2.45) is 0 Å². The van der Waals surface area contributed by atoms with Crippen LogP contribution in [0.4, 0.5) is 9.39 Å². The molecule has 0 spiro atoms. The van der Waals surface area contributed by atoms with Crippen molar-refractivity contribution in [1.82, 2.24) is 5.32 Å². The van der Waals surface area contributed by atoms with Crippen LogP contribution in [-0.4, -0.2) is 37.8 Å². The molecule has 8 heteroatoms. The number of carbonyl (C=O) groups excluding carboxylic acids is 2. The van der Waals surface area contributed by atoms with E-state index in [1.165, 1.54) is 22.3 Å². The standard InChI is InChI=1S/C20H23FN2O3S2/c1-26-11-10-22-19(25)18-13-6-2-4-8-15(13)28-20(18)23-17(24)12-27-16-9-5-3-7-14(16)21/h3,5,7,9H,2,4,6,8,10-12H2,1H3,(H,22,25)(H,23,24). The van der Waals surface area contributed by atoms with E-state index in [4.69, 9.17) is 4.74 Å². The van der Waals surface area contributed by atoms with Crippen molar-refractivity contribution in [1.29, 1.82) is 0 Å². The molecule has 0 aliphatic heterocycles. The summed E-state index contributed by atoms with van der Waals surface area (Å²) in [7, 11) is 1.58. The highest BCUT2D eigenvalue weighted by molar-refractivity contribution is 8.00. The lowest BCUT2D eigenvalue weighted by atomic mass is 9.95. The van der Waals surface area contributed by atoms with Crippen molar-refractivity contribution in [3.63, 3.8) is 0 Å². The molecule has 1 aliphatic rings. The van der Waals surface area contributed by atoms with Gasteiger partial charge < -0.3 is 15.4 Å². The Kier molecular flexibility index (Phi) is 7.47. The molecule has 1 aromatic carbocycles. The van der Waals surface area contributed by atoms with Crippen LogP contribution in [0, 0.1) is 5.82 Å².